The molecule has 4 aromatic rings. The fraction of sp³-hybridized carbons (Fsp3) is 0.182. The number of anilines is 1. The summed E-state index contributed by atoms with van der Waals surface area (Å²) in [6, 6.07) is 25.4. The summed E-state index contributed by atoms with van der Waals surface area (Å²) in [7, 11) is 0. The summed E-state index contributed by atoms with van der Waals surface area (Å²) in [5, 5.41) is 0. The molecular weight excluding hydrogens is 306 g/mol. The van der Waals surface area contributed by atoms with Crippen molar-refractivity contribution in [3.05, 3.63) is 72.8 Å². The minimum absolute atomic E-state index is 0.994. The third-order valence-corrected chi connectivity index (χ3v) is 4.71. The Morgan fingerprint density at radius 3 is 2.20 bits per heavy atom. The molecule has 0 aliphatic rings. The summed E-state index contributed by atoms with van der Waals surface area (Å²) in [5.41, 5.74) is 6.67. The lowest BCUT2D eigenvalue weighted by atomic mass is 10.2. The van der Waals surface area contributed by atoms with Gasteiger partial charge in [-0.15, -0.1) is 4.57 Å². The first-order valence-corrected chi connectivity index (χ1v) is 8.86. The van der Waals surface area contributed by atoms with Crippen LogP contribution in [-0.2, 0) is 0 Å². The first kappa shape index (κ1) is 15.6. The van der Waals surface area contributed by atoms with E-state index in [1.54, 1.807) is 0 Å². The molecule has 124 valence electrons. The van der Waals surface area contributed by atoms with E-state index >= 15 is 0 Å². The molecule has 3 heteroatoms. The molecule has 0 aliphatic carbocycles. The predicted molar refractivity (Wildman–Crippen MR) is 104 cm³/mol. The highest BCUT2D eigenvalue weighted by molar-refractivity contribution is 5.84. The monoisotopic (exact) mass is 328 g/mol. The lowest BCUT2D eigenvalue weighted by molar-refractivity contribution is -0.538. The van der Waals surface area contributed by atoms with Crippen molar-refractivity contribution in [2.45, 2.75) is 13.8 Å². The Labute approximate surface area is 148 Å². The second kappa shape index (κ2) is 6.52. The average Bonchev–Trinajstić information content (AvgIpc) is 2.67. The number of rotatable bonds is 4. The zero-order valence-electron chi connectivity index (χ0n) is 14.7. The number of hydrogen-bond donors (Lipinski definition) is 0. The van der Waals surface area contributed by atoms with Crippen LogP contribution in [0.5, 0.6) is 0 Å². The van der Waals surface area contributed by atoms with Gasteiger partial charge in [0.1, 0.15) is 11.0 Å². The number of fused-ring (bicyclic) bond motifs is 2. The highest BCUT2D eigenvalue weighted by Gasteiger charge is 2.19. The average molecular weight is 328 g/mol. The van der Waals surface area contributed by atoms with Gasteiger partial charge in [-0.1, -0.05) is 30.3 Å². The smallest absolute Gasteiger partial charge is 0.239 e. The number of benzene rings is 3. The molecule has 25 heavy (non-hydrogen) atoms. The van der Waals surface area contributed by atoms with Crippen LogP contribution < -0.4 is 9.47 Å². The maximum atomic E-state index is 4.88. The summed E-state index contributed by atoms with van der Waals surface area (Å²) in [5.74, 6) is 0. The molecule has 1 heterocycles. The van der Waals surface area contributed by atoms with E-state index in [4.69, 9.17) is 4.98 Å². The fourth-order valence-electron chi connectivity index (χ4n) is 3.43. The molecule has 0 spiro atoms. The van der Waals surface area contributed by atoms with Gasteiger partial charge in [0.2, 0.25) is 16.7 Å². The van der Waals surface area contributed by atoms with Crippen molar-refractivity contribution in [1.29, 1.82) is 0 Å². The predicted octanol–water partition coefficient (Wildman–Crippen LogP) is 4.51. The van der Waals surface area contributed by atoms with Crippen LogP contribution in [-0.4, -0.2) is 18.1 Å². The van der Waals surface area contributed by atoms with Crippen molar-refractivity contribution in [1.82, 2.24) is 4.98 Å². The Hall–Kier alpha value is -2.94. The minimum Gasteiger partial charge on any atom is -0.372 e. The van der Waals surface area contributed by atoms with Crippen molar-refractivity contribution in [2.24, 2.45) is 0 Å². The molecule has 0 aliphatic heterocycles. The lowest BCUT2D eigenvalue weighted by Gasteiger charge is -2.20. The van der Waals surface area contributed by atoms with Gasteiger partial charge in [-0.25, -0.2) is 4.98 Å². The molecule has 3 aromatic carbocycles. The third-order valence-electron chi connectivity index (χ3n) is 4.71. The normalized spacial score (nSPS) is 11.1. The molecule has 3 nitrogen and oxygen atoms in total. The zero-order chi connectivity index (χ0) is 17.2. The molecule has 0 unspecified atom stereocenters. The lowest BCUT2D eigenvalue weighted by Crippen LogP contribution is -2.33. The van der Waals surface area contributed by atoms with E-state index in [2.05, 4.69) is 90.0 Å². The Kier molecular flexibility index (Phi) is 4.06. The second-order valence-electron chi connectivity index (χ2n) is 6.12. The Balaban J connectivity index is 2.09. The highest BCUT2D eigenvalue weighted by Crippen LogP contribution is 2.22. The van der Waals surface area contributed by atoms with E-state index in [9.17, 15) is 0 Å². The molecule has 0 radical (unpaired) electrons. The number of nitrogens with zero attached hydrogens (tertiary/aromatic N) is 3. The van der Waals surface area contributed by atoms with Crippen LogP contribution in [0.15, 0.2) is 72.8 Å². The van der Waals surface area contributed by atoms with Gasteiger partial charge in [-0.3, -0.25) is 0 Å². The first-order chi connectivity index (χ1) is 12.3. The van der Waals surface area contributed by atoms with Crippen molar-refractivity contribution < 1.29 is 4.57 Å². The molecule has 0 saturated heterocycles. The topological polar surface area (TPSA) is 20.0 Å². The summed E-state index contributed by atoms with van der Waals surface area (Å²) >= 11 is 0. The van der Waals surface area contributed by atoms with Gasteiger partial charge in [0, 0.05) is 43.0 Å². The maximum Gasteiger partial charge on any atom is 0.239 e. The zero-order valence-corrected chi connectivity index (χ0v) is 14.7. The van der Waals surface area contributed by atoms with Crippen LogP contribution in [0.2, 0.25) is 0 Å². The molecule has 1 aromatic heterocycles. The van der Waals surface area contributed by atoms with Crippen LogP contribution >= 0.6 is 0 Å². The number of hydrogen-bond acceptors (Lipinski definition) is 2. The van der Waals surface area contributed by atoms with Crippen LogP contribution in [0.4, 0.5) is 5.69 Å². The van der Waals surface area contributed by atoms with Gasteiger partial charge < -0.3 is 4.90 Å². The number of para-hydroxylation sites is 3. The van der Waals surface area contributed by atoms with Crippen molar-refractivity contribution >= 4 is 27.8 Å². The van der Waals surface area contributed by atoms with Crippen LogP contribution in [0.3, 0.4) is 0 Å². The molecule has 0 saturated carbocycles. The van der Waals surface area contributed by atoms with Gasteiger partial charge in [-0.2, -0.15) is 0 Å². The van der Waals surface area contributed by atoms with Gasteiger partial charge in [-0.05, 0) is 32.0 Å². The third kappa shape index (κ3) is 2.72. The molecule has 0 amide bonds. The Morgan fingerprint density at radius 1 is 0.760 bits per heavy atom. The summed E-state index contributed by atoms with van der Waals surface area (Å²) in [6.07, 6.45) is 0. The van der Waals surface area contributed by atoms with E-state index in [1.807, 2.05) is 6.07 Å². The van der Waals surface area contributed by atoms with E-state index in [1.165, 1.54) is 5.69 Å². The molecule has 0 atom stereocenters. The molecular formula is C22H22N3+. The molecule has 0 bridgehead atoms. The van der Waals surface area contributed by atoms with Crippen LogP contribution in [0.25, 0.3) is 27.8 Å². The van der Waals surface area contributed by atoms with Gasteiger partial charge in [0.25, 0.3) is 0 Å². The summed E-state index contributed by atoms with van der Waals surface area (Å²) in [4.78, 5) is 7.24. The van der Waals surface area contributed by atoms with E-state index in [0.717, 1.165) is 40.8 Å². The highest BCUT2D eigenvalue weighted by atomic mass is 15.1. The van der Waals surface area contributed by atoms with Gasteiger partial charge in [0.15, 0.2) is 0 Å². The minimum atomic E-state index is 0.994. The Bertz CT molecular complexity index is 1020. The second-order valence-corrected chi connectivity index (χ2v) is 6.12. The molecule has 0 fully saturated rings. The van der Waals surface area contributed by atoms with E-state index < -0.39 is 0 Å². The van der Waals surface area contributed by atoms with E-state index in [0.29, 0.717) is 0 Å². The fourth-order valence-corrected chi connectivity index (χ4v) is 3.43. The standard InChI is InChI=1S/C22H22N3/c1-3-24(4-2)18-14-15-20-22(16-18)25(17-10-6-5-7-11-17)21-13-9-8-12-19(21)23-20/h5-16H,3-4H2,1-2H3/q+1. The SMILES string of the molecule is CCN(CC)c1ccc2nc3ccccc3[n+](-c3ccccc3)c2c1. The van der Waals surface area contributed by atoms with Crippen molar-refractivity contribution in [3.63, 3.8) is 0 Å². The van der Waals surface area contributed by atoms with Crippen LogP contribution in [0, 0.1) is 0 Å². The molecule has 4 rings (SSSR count). The maximum absolute atomic E-state index is 4.88. The van der Waals surface area contributed by atoms with Gasteiger partial charge in [0.05, 0.1) is 0 Å². The quantitative estimate of drug-likeness (QED) is 0.406. The summed E-state index contributed by atoms with van der Waals surface area (Å²) < 4.78 is 2.31. The number of aromatic nitrogens is 2. The van der Waals surface area contributed by atoms with Crippen molar-refractivity contribution in [3.8, 4) is 5.69 Å². The first-order valence-electron chi connectivity index (χ1n) is 8.86. The van der Waals surface area contributed by atoms with E-state index in [-0.39, 0.29) is 0 Å². The Morgan fingerprint density at radius 2 is 1.44 bits per heavy atom. The van der Waals surface area contributed by atoms with Gasteiger partial charge >= 0.3 is 0 Å². The molecule has 0 N–H and O–H groups in total. The summed E-state index contributed by atoms with van der Waals surface area (Å²) in [6.45, 7) is 6.37. The van der Waals surface area contributed by atoms with Crippen molar-refractivity contribution in [2.75, 3.05) is 18.0 Å². The van der Waals surface area contributed by atoms with Crippen LogP contribution in [0.1, 0.15) is 13.8 Å². The largest absolute Gasteiger partial charge is 0.372 e.